The molecular formula is C14H18N4O2. The molecule has 1 saturated heterocycles. The van der Waals surface area contributed by atoms with Crippen LogP contribution < -0.4 is 16.3 Å². The summed E-state index contributed by atoms with van der Waals surface area (Å²) in [6, 6.07) is 6.83. The minimum Gasteiger partial charge on any atom is -0.337 e. The zero-order chi connectivity index (χ0) is 13.9. The highest BCUT2D eigenvalue weighted by Gasteiger charge is 2.17. The molecule has 2 heterocycles. The lowest BCUT2D eigenvalue weighted by Crippen LogP contribution is -2.40. The molecule has 6 nitrogen and oxygen atoms in total. The lowest BCUT2D eigenvalue weighted by atomic mass is 9.98. The van der Waals surface area contributed by atoms with Crippen LogP contribution in [0.25, 0.3) is 11.0 Å². The van der Waals surface area contributed by atoms with Crippen LogP contribution in [0.1, 0.15) is 12.8 Å². The maximum Gasteiger partial charge on any atom is 0.334 e. The molecule has 0 spiro atoms. The fourth-order valence-electron chi connectivity index (χ4n) is 2.65. The van der Waals surface area contributed by atoms with Crippen molar-refractivity contribution in [2.75, 3.05) is 19.6 Å². The highest BCUT2D eigenvalue weighted by molar-refractivity contribution is 5.88. The number of hydrogen-bond acceptors (Lipinski definition) is 3. The molecule has 20 heavy (non-hydrogen) atoms. The van der Waals surface area contributed by atoms with E-state index in [1.54, 1.807) is 12.1 Å². The van der Waals surface area contributed by atoms with Gasteiger partial charge < -0.3 is 15.6 Å². The fraction of sp³-hybridized carbons (Fsp3) is 0.429. The molecular weight excluding hydrogens is 256 g/mol. The summed E-state index contributed by atoms with van der Waals surface area (Å²) < 4.78 is 1.16. The first-order valence-corrected chi connectivity index (χ1v) is 6.94. The number of nitrogens with one attached hydrogen (secondary N) is 3. The third-order valence-electron chi connectivity index (χ3n) is 3.79. The first-order valence-electron chi connectivity index (χ1n) is 6.94. The van der Waals surface area contributed by atoms with E-state index in [0.717, 1.165) is 30.5 Å². The Balaban J connectivity index is 1.75. The predicted octanol–water partition coefficient (Wildman–Crippen LogP) is 0.887. The average molecular weight is 274 g/mol. The highest BCUT2D eigenvalue weighted by Crippen LogP contribution is 2.11. The molecule has 0 radical (unpaired) electrons. The van der Waals surface area contributed by atoms with Crippen LogP contribution in [0, 0.1) is 5.92 Å². The predicted molar refractivity (Wildman–Crippen MR) is 76.9 cm³/mol. The van der Waals surface area contributed by atoms with Gasteiger partial charge in [-0.15, -0.1) is 0 Å². The minimum absolute atomic E-state index is 0.356. The van der Waals surface area contributed by atoms with Crippen LogP contribution in [0.5, 0.6) is 0 Å². The molecule has 1 fully saturated rings. The van der Waals surface area contributed by atoms with E-state index in [-0.39, 0.29) is 6.03 Å². The van der Waals surface area contributed by atoms with E-state index in [4.69, 9.17) is 0 Å². The third kappa shape index (κ3) is 2.46. The summed E-state index contributed by atoms with van der Waals surface area (Å²) in [5, 5.41) is 6.15. The molecule has 0 unspecified atom stereocenters. The summed E-state index contributed by atoms with van der Waals surface area (Å²) >= 11 is 0. The standard InChI is InChI=1S/C14H18N4O2/c19-13(16-9-10-5-7-15-8-6-10)18-12-4-2-1-3-11(12)17-14(18)20/h1-4,10,15H,5-9H2,(H,16,19)(H,17,20). The normalized spacial score (nSPS) is 16.4. The van der Waals surface area contributed by atoms with Crippen molar-refractivity contribution in [3.05, 3.63) is 34.7 Å². The number of para-hydroxylation sites is 2. The number of rotatable bonds is 2. The van der Waals surface area contributed by atoms with Gasteiger partial charge in [-0.2, -0.15) is 0 Å². The summed E-state index contributed by atoms with van der Waals surface area (Å²) in [5.74, 6) is 0.487. The van der Waals surface area contributed by atoms with Crippen molar-refractivity contribution in [1.82, 2.24) is 20.2 Å². The number of aromatic nitrogens is 2. The van der Waals surface area contributed by atoms with Crippen LogP contribution in [0.15, 0.2) is 29.1 Å². The molecule has 0 saturated carbocycles. The number of amides is 1. The Bertz CT molecular complexity index is 667. The molecule has 1 aromatic heterocycles. The molecule has 1 aromatic carbocycles. The van der Waals surface area contributed by atoms with Crippen LogP contribution in [-0.4, -0.2) is 35.2 Å². The number of carbonyl (C=O) groups excluding carboxylic acids is 1. The van der Waals surface area contributed by atoms with Gasteiger partial charge in [0.1, 0.15) is 0 Å². The first kappa shape index (κ1) is 12.9. The summed E-state index contributed by atoms with van der Waals surface area (Å²) in [4.78, 5) is 26.7. The van der Waals surface area contributed by atoms with E-state index in [1.165, 1.54) is 0 Å². The van der Waals surface area contributed by atoms with Gasteiger partial charge in [0.15, 0.2) is 0 Å². The van der Waals surface area contributed by atoms with E-state index in [9.17, 15) is 9.59 Å². The highest BCUT2D eigenvalue weighted by atomic mass is 16.2. The van der Waals surface area contributed by atoms with Crippen molar-refractivity contribution in [3.8, 4) is 0 Å². The van der Waals surface area contributed by atoms with Gasteiger partial charge in [0.2, 0.25) is 0 Å². The quantitative estimate of drug-likeness (QED) is 0.761. The van der Waals surface area contributed by atoms with E-state index < -0.39 is 5.69 Å². The van der Waals surface area contributed by atoms with Gasteiger partial charge in [-0.3, -0.25) is 0 Å². The number of aromatic amines is 1. The van der Waals surface area contributed by atoms with E-state index >= 15 is 0 Å². The lowest BCUT2D eigenvalue weighted by molar-refractivity contribution is 0.238. The van der Waals surface area contributed by atoms with Gasteiger partial charge in [-0.25, -0.2) is 14.2 Å². The Morgan fingerprint density at radius 1 is 1.30 bits per heavy atom. The Hall–Kier alpha value is -2.08. The number of H-pyrrole nitrogens is 1. The fourth-order valence-corrected chi connectivity index (χ4v) is 2.65. The smallest absolute Gasteiger partial charge is 0.334 e. The van der Waals surface area contributed by atoms with Crippen LogP contribution in [0.3, 0.4) is 0 Å². The number of imidazole rings is 1. The molecule has 1 aliphatic heterocycles. The lowest BCUT2D eigenvalue weighted by Gasteiger charge is -2.22. The van der Waals surface area contributed by atoms with Gasteiger partial charge in [0.05, 0.1) is 11.0 Å². The zero-order valence-electron chi connectivity index (χ0n) is 11.2. The van der Waals surface area contributed by atoms with Crippen molar-refractivity contribution in [2.45, 2.75) is 12.8 Å². The Kier molecular flexibility index (Phi) is 3.56. The Morgan fingerprint density at radius 3 is 2.85 bits per heavy atom. The van der Waals surface area contributed by atoms with Crippen molar-refractivity contribution < 1.29 is 4.79 Å². The van der Waals surface area contributed by atoms with Crippen LogP contribution in [0.2, 0.25) is 0 Å². The molecule has 0 bridgehead atoms. The topological polar surface area (TPSA) is 78.9 Å². The second-order valence-corrected chi connectivity index (χ2v) is 5.16. The SMILES string of the molecule is O=C(NCC1CCNCC1)n1c(=O)[nH]c2ccccc21. The van der Waals surface area contributed by atoms with Crippen LogP contribution in [-0.2, 0) is 0 Å². The molecule has 0 aliphatic carbocycles. The van der Waals surface area contributed by atoms with Crippen LogP contribution in [0.4, 0.5) is 4.79 Å². The zero-order valence-corrected chi connectivity index (χ0v) is 11.2. The van der Waals surface area contributed by atoms with Crippen LogP contribution >= 0.6 is 0 Å². The third-order valence-corrected chi connectivity index (χ3v) is 3.79. The number of carbonyl (C=O) groups is 1. The molecule has 6 heteroatoms. The number of hydrogen-bond donors (Lipinski definition) is 3. The van der Waals surface area contributed by atoms with E-state index in [1.807, 2.05) is 12.1 Å². The molecule has 3 rings (SSSR count). The summed E-state index contributed by atoms with van der Waals surface area (Å²) in [6.07, 6.45) is 2.12. The summed E-state index contributed by atoms with van der Waals surface area (Å²) in [6.45, 7) is 2.60. The Labute approximate surface area is 116 Å². The summed E-state index contributed by atoms with van der Waals surface area (Å²) in [7, 11) is 0. The maximum absolute atomic E-state index is 12.2. The number of nitrogens with zero attached hydrogens (tertiary/aromatic N) is 1. The second kappa shape index (κ2) is 5.50. The molecule has 0 atom stereocenters. The largest absolute Gasteiger partial charge is 0.337 e. The van der Waals surface area contributed by atoms with Crippen molar-refractivity contribution >= 4 is 17.1 Å². The minimum atomic E-state index is -0.394. The monoisotopic (exact) mass is 274 g/mol. The van der Waals surface area contributed by atoms with Crippen molar-refractivity contribution in [2.24, 2.45) is 5.92 Å². The van der Waals surface area contributed by atoms with Gasteiger partial charge >= 0.3 is 11.7 Å². The Morgan fingerprint density at radius 2 is 2.05 bits per heavy atom. The van der Waals surface area contributed by atoms with E-state index in [0.29, 0.717) is 23.5 Å². The first-order chi connectivity index (χ1) is 9.75. The molecule has 1 aliphatic rings. The second-order valence-electron chi connectivity index (χ2n) is 5.16. The summed E-state index contributed by atoms with van der Waals surface area (Å²) in [5.41, 5.74) is 0.892. The van der Waals surface area contributed by atoms with Gasteiger partial charge in [0.25, 0.3) is 0 Å². The number of benzene rings is 1. The van der Waals surface area contributed by atoms with Gasteiger partial charge in [0, 0.05) is 6.54 Å². The van der Waals surface area contributed by atoms with E-state index in [2.05, 4.69) is 15.6 Å². The van der Waals surface area contributed by atoms with Gasteiger partial charge in [-0.1, -0.05) is 12.1 Å². The molecule has 2 aromatic rings. The van der Waals surface area contributed by atoms with Crippen molar-refractivity contribution in [1.29, 1.82) is 0 Å². The maximum atomic E-state index is 12.2. The number of piperidine rings is 1. The van der Waals surface area contributed by atoms with Crippen molar-refractivity contribution in [3.63, 3.8) is 0 Å². The number of fused-ring (bicyclic) bond motifs is 1. The molecule has 1 amide bonds. The molecule has 106 valence electrons. The van der Waals surface area contributed by atoms with Gasteiger partial charge in [-0.05, 0) is 44.0 Å². The average Bonchev–Trinajstić information content (AvgIpc) is 2.82. The molecule has 3 N–H and O–H groups in total.